The van der Waals surface area contributed by atoms with Crippen LogP contribution in [0.5, 0.6) is 0 Å². The van der Waals surface area contributed by atoms with E-state index in [9.17, 15) is 14.4 Å². The van der Waals surface area contributed by atoms with Crippen molar-refractivity contribution in [3.63, 3.8) is 0 Å². The number of nitrogens with zero attached hydrogens (tertiary/aromatic N) is 2. The van der Waals surface area contributed by atoms with Crippen molar-refractivity contribution in [3.8, 4) is 0 Å². The molecular weight excluding hydrogens is 723 g/mol. The van der Waals surface area contributed by atoms with Crippen LogP contribution in [0.3, 0.4) is 0 Å². The van der Waals surface area contributed by atoms with Crippen molar-refractivity contribution in [2.24, 2.45) is 22.9 Å². The van der Waals surface area contributed by atoms with Gasteiger partial charge in [0.05, 0.1) is 13.2 Å². The minimum Gasteiger partial charge on any atom is -0.466 e. The monoisotopic (exact) mass is 820 g/mol. The maximum Gasteiger partial charge on any atom is 0.305 e. The molecule has 0 rings (SSSR count). The number of hydrogen-bond donors (Lipinski definition) is 1. The average molecular weight is 820 g/mol. The third-order valence-electron chi connectivity index (χ3n) is 11.9. The van der Waals surface area contributed by atoms with Crippen LogP contribution >= 0.6 is 0 Å². The number of amides is 1. The molecular formula is C50H97N3O5. The number of carbonyl (C=O) groups excluding carboxylic acids is 3. The topological polar surface area (TPSA) is 97.3 Å². The summed E-state index contributed by atoms with van der Waals surface area (Å²) in [4.78, 5) is 40.1. The molecule has 0 saturated heterocycles. The van der Waals surface area contributed by atoms with Gasteiger partial charge in [-0.2, -0.15) is 5.10 Å². The maximum atomic E-state index is 13.2. The highest BCUT2D eigenvalue weighted by Gasteiger charge is 2.18. The van der Waals surface area contributed by atoms with Crippen LogP contribution in [-0.4, -0.2) is 62.8 Å². The van der Waals surface area contributed by atoms with Crippen molar-refractivity contribution in [1.82, 2.24) is 10.3 Å². The van der Waals surface area contributed by atoms with Crippen LogP contribution in [0.25, 0.3) is 0 Å². The van der Waals surface area contributed by atoms with E-state index in [4.69, 9.17) is 9.47 Å². The van der Waals surface area contributed by atoms with Crippen molar-refractivity contribution in [2.45, 2.75) is 246 Å². The Morgan fingerprint density at radius 2 is 0.879 bits per heavy atom. The predicted octanol–water partition coefficient (Wildman–Crippen LogP) is 13.9. The van der Waals surface area contributed by atoms with Crippen LogP contribution in [-0.2, 0) is 23.9 Å². The fourth-order valence-corrected chi connectivity index (χ4v) is 7.97. The quantitative estimate of drug-likeness (QED) is 0.0285. The lowest BCUT2D eigenvalue weighted by Gasteiger charge is -2.17. The molecule has 0 spiro atoms. The lowest BCUT2D eigenvalue weighted by Crippen LogP contribution is -2.27. The molecule has 0 aromatic carbocycles. The van der Waals surface area contributed by atoms with Gasteiger partial charge < -0.3 is 14.4 Å². The second-order valence-corrected chi connectivity index (χ2v) is 17.8. The van der Waals surface area contributed by atoms with Crippen LogP contribution in [0, 0.1) is 17.8 Å². The summed E-state index contributed by atoms with van der Waals surface area (Å²) in [5.41, 5.74) is 2.83. The molecule has 0 aliphatic heterocycles. The first-order chi connectivity index (χ1) is 28.3. The van der Waals surface area contributed by atoms with Crippen LogP contribution in [0.4, 0.5) is 0 Å². The van der Waals surface area contributed by atoms with Gasteiger partial charge in [0, 0.05) is 25.0 Å². The number of nitrogens with one attached hydrogen (secondary N) is 1. The average Bonchev–Trinajstić information content (AvgIpc) is 3.20. The Morgan fingerprint density at radius 1 is 0.500 bits per heavy atom. The zero-order valence-electron chi connectivity index (χ0n) is 39.4. The van der Waals surface area contributed by atoms with Gasteiger partial charge in [0.1, 0.15) is 0 Å². The van der Waals surface area contributed by atoms with Gasteiger partial charge in [0.15, 0.2) is 0 Å². The third-order valence-corrected chi connectivity index (χ3v) is 11.9. The molecule has 0 aromatic rings. The fraction of sp³-hybridized carbons (Fsp3) is 0.920. The standard InChI is InChI=1S/C50H97N3O5/c1-7-11-21-31-45(32-22-12-8-2)39-43-57-48(54)37-27-19-15-17-25-35-47(50(56)52-51-41-29-30-42-53(5)6)36-26-18-16-20-28-38-49(55)58-44-40-46(33-23-13-9-3)34-24-14-10-4/h41,45-47H,7-40,42-44H2,1-6H3,(H,52,56)/b51-41+. The van der Waals surface area contributed by atoms with E-state index in [1.165, 1.54) is 103 Å². The normalized spacial score (nSPS) is 11.8. The van der Waals surface area contributed by atoms with Gasteiger partial charge in [-0.15, -0.1) is 0 Å². The van der Waals surface area contributed by atoms with E-state index < -0.39 is 0 Å². The highest BCUT2D eigenvalue weighted by Crippen LogP contribution is 2.23. The van der Waals surface area contributed by atoms with Gasteiger partial charge in [-0.25, -0.2) is 5.43 Å². The predicted molar refractivity (Wildman–Crippen MR) is 247 cm³/mol. The Kier molecular flexibility index (Phi) is 41.7. The number of hydrazone groups is 1. The molecule has 0 unspecified atom stereocenters. The molecule has 1 amide bonds. The summed E-state index contributed by atoms with van der Waals surface area (Å²) in [5, 5.41) is 4.26. The van der Waals surface area contributed by atoms with Crippen LogP contribution in [0.1, 0.15) is 246 Å². The Hall–Kier alpha value is -1.96. The summed E-state index contributed by atoms with van der Waals surface area (Å²) in [5.74, 6) is 1.28. The SMILES string of the molecule is CCCCCC(CCCCC)CCOC(=O)CCCCCCCC(CCCCCCCC(=O)OCCC(CCCCC)CCCCC)C(=O)N/N=C/CCCN(C)C. The van der Waals surface area contributed by atoms with E-state index >= 15 is 0 Å². The maximum absolute atomic E-state index is 13.2. The van der Waals surface area contributed by atoms with E-state index in [1.54, 1.807) is 0 Å². The first-order valence-electron chi connectivity index (χ1n) is 25.0. The third kappa shape index (κ3) is 38.3. The first kappa shape index (κ1) is 56.0. The van der Waals surface area contributed by atoms with E-state index in [2.05, 4.69) is 57.2 Å². The van der Waals surface area contributed by atoms with Gasteiger partial charge in [-0.05, 0) is 83.8 Å². The van der Waals surface area contributed by atoms with Crippen molar-refractivity contribution < 1.29 is 23.9 Å². The highest BCUT2D eigenvalue weighted by atomic mass is 16.5. The van der Waals surface area contributed by atoms with Crippen LogP contribution < -0.4 is 5.43 Å². The van der Waals surface area contributed by atoms with Crippen molar-refractivity contribution >= 4 is 24.1 Å². The lowest BCUT2D eigenvalue weighted by molar-refractivity contribution is -0.145. The molecule has 342 valence electrons. The molecule has 0 bridgehead atoms. The molecule has 8 heteroatoms. The zero-order valence-corrected chi connectivity index (χ0v) is 39.4. The molecule has 58 heavy (non-hydrogen) atoms. The lowest BCUT2D eigenvalue weighted by atomic mass is 9.92. The smallest absolute Gasteiger partial charge is 0.305 e. The number of ether oxygens (including phenoxy) is 2. The van der Waals surface area contributed by atoms with Gasteiger partial charge >= 0.3 is 11.9 Å². The summed E-state index contributed by atoms with van der Waals surface area (Å²) in [6.07, 6.45) is 38.9. The molecule has 0 radical (unpaired) electrons. The minimum absolute atomic E-state index is 0.0327. The highest BCUT2D eigenvalue weighted by molar-refractivity contribution is 5.79. The van der Waals surface area contributed by atoms with Crippen LogP contribution in [0.15, 0.2) is 5.10 Å². The molecule has 0 heterocycles. The Morgan fingerprint density at radius 3 is 1.28 bits per heavy atom. The number of esters is 2. The summed E-state index contributed by atoms with van der Waals surface area (Å²) in [6, 6.07) is 0. The molecule has 0 atom stereocenters. The van der Waals surface area contributed by atoms with Crippen molar-refractivity contribution in [2.75, 3.05) is 33.9 Å². The van der Waals surface area contributed by atoms with Gasteiger partial charge in [-0.3, -0.25) is 14.4 Å². The Labute approximate surface area is 360 Å². The Bertz CT molecular complexity index is 882. The molecule has 1 N–H and O–H groups in total. The van der Waals surface area contributed by atoms with Gasteiger partial charge in [0.2, 0.25) is 5.91 Å². The second-order valence-electron chi connectivity index (χ2n) is 17.8. The second kappa shape index (κ2) is 43.1. The van der Waals surface area contributed by atoms with Crippen molar-refractivity contribution in [1.29, 1.82) is 0 Å². The summed E-state index contributed by atoms with van der Waals surface area (Å²) in [6.45, 7) is 11.2. The molecule has 0 aliphatic rings. The molecule has 8 nitrogen and oxygen atoms in total. The van der Waals surface area contributed by atoms with E-state index in [0.717, 1.165) is 109 Å². The number of carbonyl (C=O) groups is 3. The summed E-state index contributed by atoms with van der Waals surface area (Å²) in [7, 11) is 4.13. The van der Waals surface area contributed by atoms with Crippen molar-refractivity contribution in [3.05, 3.63) is 0 Å². The summed E-state index contributed by atoms with van der Waals surface area (Å²) < 4.78 is 11.3. The largest absolute Gasteiger partial charge is 0.466 e. The number of unbranched alkanes of at least 4 members (excludes halogenated alkanes) is 17. The molecule has 0 aliphatic carbocycles. The van der Waals surface area contributed by atoms with Gasteiger partial charge in [-0.1, -0.05) is 182 Å². The molecule has 0 aromatic heterocycles. The zero-order chi connectivity index (χ0) is 42.7. The fourth-order valence-electron chi connectivity index (χ4n) is 7.97. The first-order valence-corrected chi connectivity index (χ1v) is 25.0. The molecule has 0 saturated carbocycles. The minimum atomic E-state index is -0.0468. The molecule has 0 fully saturated rings. The summed E-state index contributed by atoms with van der Waals surface area (Å²) >= 11 is 0. The number of hydrogen-bond acceptors (Lipinski definition) is 7. The Balaban J connectivity index is 4.47. The van der Waals surface area contributed by atoms with E-state index in [1.807, 2.05) is 6.21 Å². The number of rotatable bonds is 44. The van der Waals surface area contributed by atoms with E-state index in [0.29, 0.717) is 37.9 Å². The van der Waals surface area contributed by atoms with E-state index in [-0.39, 0.29) is 23.8 Å². The van der Waals surface area contributed by atoms with Crippen LogP contribution in [0.2, 0.25) is 0 Å². The van der Waals surface area contributed by atoms with Gasteiger partial charge in [0.25, 0.3) is 0 Å².